The molecule has 4 nitrogen and oxygen atoms in total. The van der Waals surface area contributed by atoms with Gasteiger partial charge in [0.2, 0.25) is 5.91 Å². The van der Waals surface area contributed by atoms with Crippen LogP contribution >= 0.6 is 11.3 Å². The van der Waals surface area contributed by atoms with E-state index in [1.54, 1.807) is 11.3 Å². The highest BCUT2D eigenvalue weighted by Gasteiger charge is 2.32. The van der Waals surface area contributed by atoms with E-state index in [2.05, 4.69) is 11.4 Å². The Morgan fingerprint density at radius 3 is 2.86 bits per heavy atom. The van der Waals surface area contributed by atoms with E-state index in [0.717, 1.165) is 10.4 Å². The Morgan fingerprint density at radius 2 is 2.27 bits per heavy atom. The summed E-state index contributed by atoms with van der Waals surface area (Å²) in [5.74, 6) is -0.254. The molecule has 2 heterocycles. The maximum absolute atomic E-state index is 12.6. The number of hydrogen-bond acceptors (Lipinski definition) is 4. The summed E-state index contributed by atoms with van der Waals surface area (Å²) in [5.41, 5.74) is 1.08. The van der Waals surface area contributed by atoms with Gasteiger partial charge in [0.15, 0.2) is 0 Å². The summed E-state index contributed by atoms with van der Waals surface area (Å²) in [6.07, 6.45) is -2.45. The lowest BCUT2D eigenvalue weighted by molar-refractivity contribution is -0.134. The Labute approximate surface area is 133 Å². The van der Waals surface area contributed by atoms with Crippen molar-refractivity contribution in [3.8, 4) is 0 Å². The number of morpholine rings is 1. The van der Waals surface area contributed by atoms with Crippen LogP contribution in [0.3, 0.4) is 0 Å². The molecule has 22 heavy (non-hydrogen) atoms. The molecular formula is C15H22F2N2O2S. The predicted octanol–water partition coefficient (Wildman–Crippen LogP) is 2.51. The third kappa shape index (κ3) is 4.24. The van der Waals surface area contributed by atoms with Crippen LogP contribution in [0, 0.1) is 13.8 Å². The minimum Gasteiger partial charge on any atom is -0.378 e. The van der Waals surface area contributed by atoms with E-state index >= 15 is 0 Å². The molecule has 1 aromatic heterocycles. The van der Waals surface area contributed by atoms with E-state index in [1.807, 2.05) is 20.8 Å². The summed E-state index contributed by atoms with van der Waals surface area (Å²) >= 11 is 1.68. The number of halogens is 2. The van der Waals surface area contributed by atoms with E-state index in [9.17, 15) is 13.6 Å². The molecule has 7 heteroatoms. The van der Waals surface area contributed by atoms with Gasteiger partial charge in [-0.1, -0.05) is 0 Å². The van der Waals surface area contributed by atoms with Crippen molar-refractivity contribution in [1.82, 2.24) is 10.2 Å². The fourth-order valence-electron chi connectivity index (χ4n) is 2.74. The molecule has 0 saturated carbocycles. The van der Waals surface area contributed by atoms with Crippen LogP contribution in [0.1, 0.15) is 28.3 Å². The zero-order valence-corrected chi connectivity index (χ0v) is 13.9. The number of hydrogen-bond donors (Lipinski definition) is 1. The molecule has 1 N–H and O–H groups in total. The second-order valence-electron chi connectivity index (χ2n) is 5.58. The van der Waals surface area contributed by atoms with Gasteiger partial charge in [-0.05, 0) is 32.4 Å². The first-order valence-corrected chi connectivity index (χ1v) is 8.17. The van der Waals surface area contributed by atoms with Gasteiger partial charge in [0.05, 0.1) is 25.8 Å². The highest BCUT2D eigenvalue weighted by atomic mass is 32.1. The number of ether oxygens (including phenoxy) is 1. The largest absolute Gasteiger partial charge is 0.378 e. The molecule has 1 aliphatic rings. The van der Waals surface area contributed by atoms with Crippen molar-refractivity contribution in [3.05, 3.63) is 21.4 Å². The van der Waals surface area contributed by atoms with Crippen molar-refractivity contribution in [2.45, 2.75) is 39.3 Å². The Bertz CT molecular complexity index is 522. The number of thiophene rings is 1. The number of nitrogens with zero attached hydrogens (tertiary/aromatic N) is 1. The summed E-state index contributed by atoms with van der Waals surface area (Å²) in [6.45, 7) is 6.45. The van der Waals surface area contributed by atoms with E-state index in [1.165, 1.54) is 9.78 Å². The standard InChI is InChI=1S/C15H22F2N2O2S/c1-9-6-12(11(3)22-9)10(2)18-15(20)13-8-21-5-4-19(13)7-14(16)17/h6,10,13-14H,4-5,7-8H2,1-3H3,(H,18,20)/t10-,13-/m1/s1. The van der Waals surface area contributed by atoms with Crippen LogP contribution in [0.4, 0.5) is 8.78 Å². The third-order valence-electron chi connectivity index (χ3n) is 3.82. The van der Waals surface area contributed by atoms with Gasteiger partial charge >= 0.3 is 0 Å². The highest BCUT2D eigenvalue weighted by Crippen LogP contribution is 2.26. The fraction of sp³-hybridized carbons (Fsp3) is 0.667. The van der Waals surface area contributed by atoms with Crippen LogP contribution in [0.5, 0.6) is 0 Å². The van der Waals surface area contributed by atoms with Crippen LogP contribution in [-0.2, 0) is 9.53 Å². The van der Waals surface area contributed by atoms with Gasteiger partial charge in [-0.15, -0.1) is 11.3 Å². The SMILES string of the molecule is Cc1cc([C@@H](C)NC(=O)[C@H]2COCCN2CC(F)F)c(C)s1. The van der Waals surface area contributed by atoms with E-state index < -0.39 is 19.0 Å². The molecule has 1 aliphatic heterocycles. The minimum absolute atomic E-state index is 0.146. The topological polar surface area (TPSA) is 41.6 Å². The first-order valence-electron chi connectivity index (χ1n) is 7.35. The first-order chi connectivity index (χ1) is 10.4. The van der Waals surface area contributed by atoms with Crippen LogP contribution in [0.2, 0.25) is 0 Å². The van der Waals surface area contributed by atoms with Crippen molar-refractivity contribution in [2.24, 2.45) is 0 Å². The Hall–Kier alpha value is -1.05. The number of nitrogens with one attached hydrogen (secondary N) is 1. The Kier molecular flexibility index (Phi) is 5.88. The van der Waals surface area contributed by atoms with Crippen LogP contribution in [-0.4, -0.2) is 49.6 Å². The molecule has 1 aromatic rings. The van der Waals surface area contributed by atoms with Crippen LogP contribution in [0.15, 0.2) is 6.07 Å². The van der Waals surface area contributed by atoms with Crippen molar-refractivity contribution >= 4 is 17.2 Å². The Morgan fingerprint density at radius 1 is 1.55 bits per heavy atom. The second-order valence-corrected chi connectivity index (χ2v) is 7.04. The summed E-state index contributed by atoms with van der Waals surface area (Å²) in [4.78, 5) is 16.3. The van der Waals surface area contributed by atoms with Crippen molar-refractivity contribution in [3.63, 3.8) is 0 Å². The number of amides is 1. The molecule has 0 aliphatic carbocycles. The van der Waals surface area contributed by atoms with E-state index in [4.69, 9.17) is 4.74 Å². The molecule has 0 aromatic carbocycles. The molecule has 1 fully saturated rings. The van der Waals surface area contributed by atoms with Gasteiger partial charge < -0.3 is 10.1 Å². The second kappa shape index (κ2) is 7.48. The van der Waals surface area contributed by atoms with Gasteiger partial charge in [-0.25, -0.2) is 8.78 Å². The van der Waals surface area contributed by atoms with Gasteiger partial charge in [-0.2, -0.15) is 0 Å². The number of rotatable bonds is 5. The highest BCUT2D eigenvalue weighted by molar-refractivity contribution is 7.12. The van der Waals surface area contributed by atoms with Crippen molar-refractivity contribution < 1.29 is 18.3 Å². The molecule has 124 valence electrons. The van der Waals surface area contributed by atoms with Gasteiger partial charge in [0, 0.05) is 16.3 Å². The third-order valence-corrected chi connectivity index (χ3v) is 4.80. The minimum atomic E-state index is -2.45. The van der Waals surface area contributed by atoms with E-state index in [-0.39, 0.29) is 18.6 Å². The summed E-state index contributed by atoms with van der Waals surface area (Å²) in [7, 11) is 0. The molecule has 0 radical (unpaired) electrons. The first kappa shape index (κ1) is 17.3. The average molecular weight is 332 g/mol. The predicted molar refractivity (Wildman–Crippen MR) is 82.5 cm³/mol. The number of carbonyl (C=O) groups excluding carboxylic acids is 1. The lowest BCUT2D eigenvalue weighted by Crippen LogP contribution is -2.55. The number of carbonyl (C=O) groups is 1. The summed E-state index contributed by atoms with van der Waals surface area (Å²) in [6, 6.07) is 1.26. The average Bonchev–Trinajstić information content (AvgIpc) is 2.77. The van der Waals surface area contributed by atoms with Crippen LogP contribution in [0.25, 0.3) is 0 Å². The zero-order chi connectivity index (χ0) is 16.3. The molecule has 0 bridgehead atoms. The molecule has 2 rings (SSSR count). The maximum atomic E-state index is 12.6. The van der Waals surface area contributed by atoms with Crippen LogP contribution < -0.4 is 5.32 Å². The smallest absolute Gasteiger partial charge is 0.251 e. The maximum Gasteiger partial charge on any atom is 0.251 e. The van der Waals surface area contributed by atoms with Crippen molar-refractivity contribution in [1.29, 1.82) is 0 Å². The van der Waals surface area contributed by atoms with Gasteiger partial charge in [0.25, 0.3) is 6.43 Å². The lowest BCUT2D eigenvalue weighted by Gasteiger charge is -2.34. The molecule has 0 unspecified atom stereocenters. The summed E-state index contributed by atoms with van der Waals surface area (Å²) in [5, 5.41) is 2.92. The normalized spacial score (nSPS) is 21.1. The molecule has 1 amide bonds. The van der Waals surface area contributed by atoms with Gasteiger partial charge in [-0.3, -0.25) is 9.69 Å². The Balaban J connectivity index is 2.01. The molecule has 1 saturated heterocycles. The molecular weight excluding hydrogens is 310 g/mol. The molecule has 2 atom stereocenters. The molecule has 0 spiro atoms. The number of aryl methyl sites for hydroxylation is 2. The van der Waals surface area contributed by atoms with E-state index in [0.29, 0.717) is 13.2 Å². The quantitative estimate of drug-likeness (QED) is 0.901. The number of alkyl halides is 2. The monoisotopic (exact) mass is 332 g/mol. The fourth-order valence-corrected chi connectivity index (χ4v) is 3.77. The van der Waals surface area contributed by atoms with Gasteiger partial charge in [0.1, 0.15) is 6.04 Å². The lowest BCUT2D eigenvalue weighted by atomic mass is 10.1. The van der Waals surface area contributed by atoms with Crippen molar-refractivity contribution in [2.75, 3.05) is 26.3 Å². The zero-order valence-electron chi connectivity index (χ0n) is 13.1. The summed E-state index contributed by atoms with van der Waals surface area (Å²) < 4.78 is 30.5.